The third kappa shape index (κ3) is 5.20. The second-order valence-electron chi connectivity index (χ2n) is 3.54. The predicted octanol–water partition coefficient (Wildman–Crippen LogP) is 3.53. The smallest absolute Gasteiger partial charge is 0.252 e. The van der Waals surface area contributed by atoms with Gasteiger partial charge >= 0.3 is 0 Å². The van der Waals surface area contributed by atoms with Crippen molar-refractivity contribution >= 4 is 28.5 Å². The quantitative estimate of drug-likeness (QED) is 0.496. The fourth-order valence-electron chi connectivity index (χ4n) is 1.35. The highest BCUT2D eigenvalue weighted by Gasteiger charge is 2.07. The van der Waals surface area contributed by atoms with Crippen LogP contribution in [0.4, 0.5) is 0 Å². The highest BCUT2D eigenvalue weighted by Crippen LogP contribution is 2.10. The molecule has 1 aromatic rings. The van der Waals surface area contributed by atoms with Crippen LogP contribution in [0.15, 0.2) is 42.1 Å². The Balaban J connectivity index is 2.36. The molecule has 0 saturated heterocycles. The molecule has 1 N–H and O–H groups in total. The lowest BCUT2D eigenvalue weighted by Gasteiger charge is -2.05. The van der Waals surface area contributed by atoms with Gasteiger partial charge in [0.05, 0.1) is 5.56 Å². The van der Waals surface area contributed by atoms with E-state index < -0.39 is 0 Å². The van der Waals surface area contributed by atoms with Crippen LogP contribution in [0, 0.1) is 3.57 Å². The number of carbonyl (C=O) groups excluding carboxylic acids is 1. The third-order valence-electron chi connectivity index (χ3n) is 2.21. The largest absolute Gasteiger partial charge is 0.352 e. The molecule has 2 nitrogen and oxygen atoms in total. The summed E-state index contributed by atoms with van der Waals surface area (Å²) in [6.07, 6.45) is 5.75. The van der Waals surface area contributed by atoms with Crippen molar-refractivity contribution < 1.29 is 4.79 Å². The van der Waals surface area contributed by atoms with E-state index in [0.717, 1.165) is 22.0 Å². The molecule has 0 radical (unpaired) electrons. The zero-order valence-electron chi connectivity index (χ0n) is 9.87. The fraction of sp³-hybridized carbons (Fsp3) is 0.286. The summed E-state index contributed by atoms with van der Waals surface area (Å²) in [5.74, 6) is 0.00464. The average Bonchev–Trinajstić information content (AvgIpc) is 2.34. The van der Waals surface area contributed by atoms with E-state index in [2.05, 4.69) is 33.6 Å². The molecular formula is C14H16INO. The summed E-state index contributed by atoms with van der Waals surface area (Å²) in [6.45, 7) is 2.64. The number of halogens is 1. The van der Waals surface area contributed by atoms with Crippen molar-refractivity contribution in [1.29, 1.82) is 0 Å². The van der Waals surface area contributed by atoms with Gasteiger partial charge in [0.25, 0.3) is 5.91 Å². The molecule has 1 aromatic carbocycles. The van der Waals surface area contributed by atoms with E-state index >= 15 is 0 Å². The number of carbonyl (C=O) groups is 1. The van der Waals surface area contributed by atoms with Gasteiger partial charge in [0.2, 0.25) is 0 Å². The van der Waals surface area contributed by atoms with Gasteiger partial charge in [-0.3, -0.25) is 4.79 Å². The molecule has 0 bridgehead atoms. The lowest BCUT2D eigenvalue weighted by atomic mass is 10.2. The van der Waals surface area contributed by atoms with Gasteiger partial charge in [0, 0.05) is 10.1 Å². The number of benzene rings is 1. The van der Waals surface area contributed by atoms with Crippen LogP contribution in [0.2, 0.25) is 0 Å². The van der Waals surface area contributed by atoms with Crippen molar-refractivity contribution in [3.8, 4) is 0 Å². The Hall–Kier alpha value is -1.06. The van der Waals surface area contributed by atoms with Crippen molar-refractivity contribution in [2.45, 2.75) is 19.8 Å². The molecular weight excluding hydrogens is 325 g/mol. The van der Waals surface area contributed by atoms with Crippen molar-refractivity contribution in [3.05, 3.63) is 51.3 Å². The highest BCUT2D eigenvalue weighted by molar-refractivity contribution is 14.1. The molecule has 0 saturated carbocycles. The topological polar surface area (TPSA) is 29.1 Å². The monoisotopic (exact) mass is 341 g/mol. The molecule has 17 heavy (non-hydrogen) atoms. The summed E-state index contributed by atoms with van der Waals surface area (Å²) < 4.78 is 0.983. The molecule has 0 unspecified atom stereocenters. The van der Waals surface area contributed by atoms with Crippen molar-refractivity contribution in [2.24, 2.45) is 0 Å². The molecule has 1 rings (SSSR count). The first-order valence-corrected chi connectivity index (χ1v) is 6.72. The van der Waals surface area contributed by atoms with Gasteiger partial charge in [-0.1, -0.05) is 12.1 Å². The van der Waals surface area contributed by atoms with Gasteiger partial charge in [-0.2, -0.15) is 0 Å². The number of nitrogens with one attached hydrogen (secondary N) is 1. The van der Waals surface area contributed by atoms with E-state index in [1.54, 1.807) is 0 Å². The van der Waals surface area contributed by atoms with E-state index in [9.17, 15) is 4.79 Å². The van der Waals surface area contributed by atoms with Crippen LogP contribution in [-0.2, 0) is 0 Å². The maximum Gasteiger partial charge on any atom is 0.252 e. The molecule has 0 spiro atoms. The van der Waals surface area contributed by atoms with Crippen LogP contribution >= 0.6 is 22.6 Å². The highest BCUT2D eigenvalue weighted by atomic mass is 127. The Kier molecular flexibility index (Phi) is 6.67. The number of allylic oxidation sites excluding steroid dienone is 1. The van der Waals surface area contributed by atoms with Crippen LogP contribution in [0.5, 0.6) is 0 Å². The molecule has 0 atom stereocenters. The summed E-state index contributed by atoms with van der Waals surface area (Å²) in [4.78, 5) is 11.8. The van der Waals surface area contributed by atoms with Gasteiger partial charge < -0.3 is 5.32 Å². The number of hydrogen-bond acceptors (Lipinski definition) is 1. The van der Waals surface area contributed by atoms with E-state index in [4.69, 9.17) is 0 Å². The van der Waals surface area contributed by atoms with Gasteiger partial charge in [-0.05, 0) is 66.6 Å². The zero-order chi connectivity index (χ0) is 12.5. The maximum atomic E-state index is 11.8. The summed E-state index contributed by atoms with van der Waals surface area (Å²) in [7, 11) is 0. The van der Waals surface area contributed by atoms with Crippen LogP contribution < -0.4 is 5.32 Å². The molecule has 0 aliphatic rings. The summed E-state index contributed by atoms with van der Waals surface area (Å²) >= 11 is 2.17. The van der Waals surface area contributed by atoms with Crippen LogP contribution in [0.3, 0.4) is 0 Å². The summed E-state index contributed by atoms with van der Waals surface area (Å²) in [5.41, 5.74) is 3.76. The van der Waals surface area contributed by atoms with Gasteiger partial charge in [0.1, 0.15) is 0 Å². The Labute approximate surface area is 116 Å². The second-order valence-corrected chi connectivity index (χ2v) is 4.70. The van der Waals surface area contributed by atoms with Crippen molar-refractivity contribution in [1.82, 2.24) is 5.32 Å². The van der Waals surface area contributed by atoms with E-state index in [1.807, 2.05) is 43.3 Å². The first-order chi connectivity index (χ1) is 8.25. The predicted molar refractivity (Wildman–Crippen MR) is 79.1 cm³/mol. The molecule has 0 aliphatic carbocycles. The first-order valence-electron chi connectivity index (χ1n) is 5.64. The fourth-order valence-corrected chi connectivity index (χ4v) is 1.98. The molecule has 3 heteroatoms. The summed E-state index contributed by atoms with van der Waals surface area (Å²) in [5, 5.41) is 2.91. The molecule has 0 heterocycles. The Morgan fingerprint density at radius 1 is 1.47 bits per heavy atom. The molecule has 0 fully saturated rings. The number of amides is 1. The number of hydrogen-bond donors (Lipinski definition) is 1. The van der Waals surface area contributed by atoms with Gasteiger partial charge in [0.15, 0.2) is 0 Å². The normalized spacial score (nSPS) is 9.29. The van der Waals surface area contributed by atoms with E-state index in [0.29, 0.717) is 6.54 Å². The minimum atomic E-state index is 0.00464. The molecule has 1 amide bonds. The van der Waals surface area contributed by atoms with Crippen LogP contribution in [-0.4, -0.2) is 12.5 Å². The van der Waals surface area contributed by atoms with Gasteiger partial charge in [-0.25, -0.2) is 0 Å². The van der Waals surface area contributed by atoms with Crippen molar-refractivity contribution in [2.75, 3.05) is 6.54 Å². The lowest BCUT2D eigenvalue weighted by Crippen LogP contribution is -2.25. The number of unbranched alkanes of at least 4 members (excludes halogenated alkanes) is 1. The van der Waals surface area contributed by atoms with E-state index in [-0.39, 0.29) is 5.91 Å². The average molecular weight is 341 g/mol. The lowest BCUT2D eigenvalue weighted by molar-refractivity contribution is 0.0952. The van der Waals surface area contributed by atoms with Crippen LogP contribution in [0.25, 0.3) is 0 Å². The Morgan fingerprint density at radius 2 is 2.24 bits per heavy atom. The van der Waals surface area contributed by atoms with Crippen LogP contribution in [0.1, 0.15) is 30.1 Å². The molecule has 0 aromatic heterocycles. The molecule has 90 valence electrons. The Bertz CT molecular complexity index is 434. The van der Waals surface area contributed by atoms with E-state index in [1.165, 1.54) is 0 Å². The number of rotatable bonds is 5. The minimum Gasteiger partial charge on any atom is -0.352 e. The Morgan fingerprint density at radius 3 is 2.94 bits per heavy atom. The van der Waals surface area contributed by atoms with Gasteiger partial charge in [-0.15, -0.1) is 5.73 Å². The SMILES string of the molecule is CC=C=CCCCNC(=O)c1ccccc1I. The summed E-state index contributed by atoms with van der Waals surface area (Å²) in [6, 6.07) is 7.59. The second kappa shape index (κ2) is 8.09. The maximum absolute atomic E-state index is 11.8. The zero-order valence-corrected chi connectivity index (χ0v) is 12.0. The van der Waals surface area contributed by atoms with Crippen molar-refractivity contribution in [3.63, 3.8) is 0 Å². The molecule has 0 aliphatic heterocycles. The standard InChI is InChI=1S/C14H16INO/c1-2-3-4-5-8-11-16-14(17)12-9-6-7-10-13(12)15/h2,4,6-7,9-10H,5,8,11H2,1H3,(H,16,17). The minimum absolute atomic E-state index is 0.00464. The third-order valence-corrected chi connectivity index (χ3v) is 3.15. The first kappa shape index (κ1) is 14.0.